The molecule has 0 spiro atoms. The summed E-state index contributed by atoms with van der Waals surface area (Å²) in [5.74, 6) is 1.07. The van der Waals surface area contributed by atoms with Gasteiger partial charge in [0.2, 0.25) is 5.91 Å². The number of hydrogen-bond acceptors (Lipinski definition) is 2. The maximum atomic E-state index is 12.6. The minimum atomic E-state index is 0.433. The second-order valence-electron chi connectivity index (χ2n) is 7.77. The third-order valence-electron chi connectivity index (χ3n) is 6.71. The van der Waals surface area contributed by atoms with Crippen molar-refractivity contribution in [3.05, 3.63) is 0 Å². The number of hydrogen-bond donors (Lipinski definition) is 1. The zero-order valence-corrected chi connectivity index (χ0v) is 13.9. The lowest BCUT2D eigenvalue weighted by Gasteiger charge is -2.41. The van der Waals surface area contributed by atoms with Crippen molar-refractivity contribution in [2.24, 2.45) is 11.3 Å². The number of amides is 1. The van der Waals surface area contributed by atoms with Crippen molar-refractivity contribution in [3.8, 4) is 0 Å². The lowest BCUT2D eigenvalue weighted by Crippen LogP contribution is -2.44. The van der Waals surface area contributed by atoms with Gasteiger partial charge in [-0.05, 0) is 49.9 Å². The summed E-state index contributed by atoms with van der Waals surface area (Å²) in [4.78, 5) is 14.8. The lowest BCUT2D eigenvalue weighted by atomic mass is 9.74. The van der Waals surface area contributed by atoms with E-state index >= 15 is 0 Å². The van der Waals surface area contributed by atoms with Crippen molar-refractivity contribution in [2.75, 3.05) is 13.1 Å². The van der Waals surface area contributed by atoms with Gasteiger partial charge in [0.05, 0.1) is 0 Å². The second kappa shape index (κ2) is 6.28. The quantitative estimate of drug-likeness (QED) is 0.862. The predicted molar refractivity (Wildman–Crippen MR) is 86.1 cm³/mol. The highest BCUT2D eigenvalue weighted by Gasteiger charge is 2.36. The van der Waals surface area contributed by atoms with Crippen molar-refractivity contribution in [2.45, 2.75) is 83.7 Å². The summed E-state index contributed by atoms with van der Waals surface area (Å²) in [5.41, 5.74) is 0.518. The summed E-state index contributed by atoms with van der Waals surface area (Å²) in [6.07, 6.45) is 10.9. The van der Waals surface area contributed by atoms with Gasteiger partial charge in [-0.15, -0.1) is 0 Å². The zero-order chi connectivity index (χ0) is 14.9. The molecule has 3 rings (SSSR count). The predicted octanol–water partition coefficient (Wildman–Crippen LogP) is 3.34. The third kappa shape index (κ3) is 3.28. The van der Waals surface area contributed by atoms with Crippen molar-refractivity contribution in [3.63, 3.8) is 0 Å². The Labute approximate surface area is 129 Å². The van der Waals surface area contributed by atoms with Crippen LogP contribution in [0.15, 0.2) is 0 Å². The van der Waals surface area contributed by atoms with Gasteiger partial charge >= 0.3 is 0 Å². The lowest BCUT2D eigenvalue weighted by molar-refractivity contribution is -0.135. The van der Waals surface area contributed by atoms with Crippen LogP contribution in [-0.2, 0) is 4.79 Å². The highest BCUT2D eigenvalue weighted by atomic mass is 16.2. The van der Waals surface area contributed by atoms with Crippen molar-refractivity contribution >= 4 is 5.91 Å². The molecule has 3 nitrogen and oxygen atoms in total. The number of carbonyl (C=O) groups excluding carboxylic acids is 1. The van der Waals surface area contributed by atoms with E-state index in [0.717, 1.165) is 19.5 Å². The number of likely N-dealkylation sites (tertiary alicyclic amines) is 1. The van der Waals surface area contributed by atoms with Crippen molar-refractivity contribution in [1.82, 2.24) is 10.2 Å². The summed E-state index contributed by atoms with van der Waals surface area (Å²) in [6.45, 7) is 6.62. The molecular formula is C18H32N2O. The molecule has 3 heteroatoms. The van der Waals surface area contributed by atoms with Gasteiger partial charge in [0.25, 0.3) is 0 Å². The maximum absolute atomic E-state index is 12.6. The highest BCUT2D eigenvalue weighted by Crippen LogP contribution is 2.38. The van der Waals surface area contributed by atoms with E-state index < -0.39 is 0 Å². The molecule has 2 unspecified atom stereocenters. The van der Waals surface area contributed by atoms with Crippen LogP contribution in [0.4, 0.5) is 0 Å². The number of carbonyl (C=O) groups is 1. The van der Waals surface area contributed by atoms with E-state index in [0.29, 0.717) is 29.3 Å². The standard InChI is InChI=1S/C18H32N2O/c1-3-18(4-2)7-9-20(10-8-18)17(21)13-14-11-15-5-6-16(12-14)19-15/h14-16,19H,3-13H2,1-2H3. The van der Waals surface area contributed by atoms with Gasteiger partial charge in [-0.2, -0.15) is 0 Å². The fourth-order valence-corrected chi connectivity index (χ4v) is 4.91. The monoisotopic (exact) mass is 292 g/mol. The molecule has 0 aromatic carbocycles. The van der Waals surface area contributed by atoms with E-state index in [1.54, 1.807) is 0 Å². The number of nitrogens with one attached hydrogen (secondary N) is 1. The van der Waals surface area contributed by atoms with E-state index in [9.17, 15) is 4.79 Å². The van der Waals surface area contributed by atoms with Gasteiger partial charge in [0.1, 0.15) is 0 Å². The highest BCUT2D eigenvalue weighted by molar-refractivity contribution is 5.76. The molecule has 0 aliphatic carbocycles. The minimum absolute atomic E-state index is 0.433. The van der Waals surface area contributed by atoms with Crippen LogP contribution in [0.3, 0.4) is 0 Å². The molecule has 3 saturated heterocycles. The number of rotatable bonds is 4. The Bertz CT molecular complexity index is 355. The summed E-state index contributed by atoms with van der Waals surface area (Å²) >= 11 is 0. The van der Waals surface area contributed by atoms with Gasteiger partial charge in [0.15, 0.2) is 0 Å². The average molecular weight is 292 g/mol. The third-order valence-corrected chi connectivity index (χ3v) is 6.71. The summed E-state index contributed by atoms with van der Waals surface area (Å²) in [5, 5.41) is 3.67. The first-order valence-electron chi connectivity index (χ1n) is 9.18. The van der Waals surface area contributed by atoms with Crippen LogP contribution >= 0.6 is 0 Å². The Morgan fingerprint density at radius 3 is 2.19 bits per heavy atom. The molecule has 1 N–H and O–H groups in total. The van der Waals surface area contributed by atoms with Gasteiger partial charge in [-0.1, -0.05) is 26.7 Å². The Morgan fingerprint density at radius 2 is 1.67 bits per heavy atom. The van der Waals surface area contributed by atoms with Crippen LogP contribution in [0.1, 0.15) is 71.6 Å². The molecule has 3 aliphatic rings. The summed E-state index contributed by atoms with van der Waals surface area (Å²) in [6, 6.07) is 1.41. The van der Waals surface area contributed by atoms with E-state index in [4.69, 9.17) is 0 Å². The van der Waals surface area contributed by atoms with E-state index in [-0.39, 0.29) is 0 Å². The van der Waals surface area contributed by atoms with Gasteiger partial charge < -0.3 is 10.2 Å². The molecule has 0 saturated carbocycles. The topological polar surface area (TPSA) is 32.3 Å². The molecule has 120 valence electrons. The molecule has 2 bridgehead atoms. The Balaban J connectivity index is 1.48. The van der Waals surface area contributed by atoms with Crippen LogP contribution in [0.2, 0.25) is 0 Å². The number of fused-ring (bicyclic) bond motifs is 2. The molecule has 3 fully saturated rings. The Kier molecular flexibility index (Phi) is 4.58. The van der Waals surface area contributed by atoms with Crippen molar-refractivity contribution in [1.29, 1.82) is 0 Å². The summed E-state index contributed by atoms with van der Waals surface area (Å²) in [7, 11) is 0. The Morgan fingerprint density at radius 1 is 1.10 bits per heavy atom. The number of nitrogens with zero attached hydrogens (tertiary/aromatic N) is 1. The summed E-state index contributed by atoms with van der Waals surface area (Å²) < 4.78 is 0. The van der Waals surface area contributed by atoms with Crippen molar-refractivity contribution < 1.29 is 4.79 Å². The van der Waals surface area contributed by atoms with Crippen LogP contribution in [0.5, 0.6) is 0 Å². The Hall–Kier alpha value is -0.570. The first-order valence-corrected chi connectivity index (χ1v) is 9.18. The first-order chi connectivity index (χ1) is 10.1. The molecular weight excluding hydrogens is 260 g/mol. The fraction of sp³-hybridized carbons (Fsp3) is 0.944. The number of piperidine rings is 2. The van der Waals surface area contributed by atoms with Crippen LogP contribution in [-0.4, -0.2) is 36.0 Å². The fourth-order valence-electron chi connectivity index (χ4n) is 4.91. The maximum Gasteiger partial charge on any atom is 0.222 e. The average Bonchev–Trinajstić information content (AvgIpc) is 2.86. The van der Waals surface area contributed by atoms with Crippen LogP contribution in [0.25, 0.3) is 0 Å². The van der Waals surface area contributed by atoms with Gasteiger partial charge in [-0.25, -0.2) is 0 Å². The van der Waals surface area contributed by atoms with E-state index in [2.05, 4.69) is 24.1 Å². The largest absolute Gasteiger partial charge is 0.343 e. The zero-order valence-electron chi connectivity index (χ0n) is 13.9. The molecule has 3 heterocycles. The molecule has 1 amide bonds. The molecule has 3 aliphatic heterocycles. The normalized spacial score (nSPS) is 35.0. The second-order valence-corrected chi connectivity index (χ2v) is 7.77. The van der Waals surface area contributed by atoms with Crippen LogP contribution in [0, 0.1) is 11.3 Å². The molecule has 0 radical (unpaired) electrons. The minimum Gasteiger partial charge on any atom is -0.343 e. The molecule has 21 heavy (non-hydrogen) atoms. The van der Waals surface area contributed by atoms with Crippen LogP contribution < -0.4 is 5.32 Å². The van der Waals surface area contributed by atoms with Gasteiger partial charge in [-0.3, -0.25) is 4.79 Å². The SMILES string of the molecule is CCC1(CC)CCN(C(=O)CC2CC3CCC(C2)N3)CC1. The van der Waals surface area contributed by atoms with Gasteiger partial charge in [0, 0.05) is 31.6 Å². The molecule has 0 aromatic rings. The molecule has 0 aromatic heterocycles. The first kappa shape index (κ1) is 15.3. The molecule has 2 atom stereocenters. The smallest absolute Gasteiger partial charge is 0.222 e. The van der Waals surface area contributed by atoms with E-state index in [1.807, 2.05) is 0 Å². The van der Waals surface area contributed by atoms with E-state index in [1.165, 1.54) is 51.4 Å².